The van der Waals surface area contributed by atoms with Gasteiger partial charge in [-0.2, -0.15) is 0 Å². The molecule has 0 saturated heterocycles. The number of amides is 1. The van der Waals surface area contributed by atoms with E-state index in [1.165, 1.54) is 12.8 Å². The van der Waals surface area contributed by atoms with Crippen LogP contribution in [0, 0.1) is 11.8 Å². The highest BCUT2D eigenvalue weighted by atomic mass is 35.5. The van der Waals surface area contributed by atoms with Crippen molar-refractivity contribution in [1.29, 1.82) is 0 Å². The molecule has 1 aromatic heterocycles. The molecule has 0 aliphatic heterocycles. The van der Waals surface area contributed by atoms with E-state index < -0.39 is 0 Å². The molecule has 5 heteroatoms. The fraction of sp³-hybridized carbons (Fsp3) is 0.500. The van der Waals surface area contributed by atoms with Gasteiger partial charge in [0.1, 0.15) is 5.82 Å². The molecule has 1 saturated carbocycles. The van der Waals surface area contributed by atoms with Crippen LogP contribution >= 0.6 is 11.6 Å². The minimum Gasteiger partial charge on any atom is -0.335 e. The molecule has 2 aromatic rings. The van der Waals surface area contributed by atoms with E-state index in [0.29, 0.717) is 31.3 Å². The van der Waals surface area contributed by atoms with Gasteiger partial charge in [-0.3, -0.25) is 4.79 Å². The van der Waals surface area contributed by atoms with Crippen molar-refractivity contribution in [2.24, 2.45) is 11.8 Å². The van der Waals surface area contributed by atoms with Crippen molar-refractivity contribution in [1.82, 2.24) is 14.5 Å². The average molecular weight is 360 g/mol. The number of imidazole rings is 1. The first-order valence-electron chi connectivity index (χ1n) is 9.03. The Morgan fingerprint density at radius 2 is 2.20 bits per heavy atom. The molecule has 0 N–H and O–H groups in total. The van der Waals surface area contributed by atoms with Crippen molar-refractivity contribution in [2.75, 3.05) is 6.54 Å². The minimum atomic E-state index is 0.235. The molecule has 0 atom stereocenters. The van der Waals surface area contributed by atoms with Crippen molar-refractivity contribution >= 4 is 17.5 Å². The Balaban J connectivity index is 1.71. The minimum absolute atomic E-state index is 0.235. The molecule has 1 aromatic carbocycles. The molecule has 1 heterocycles. The van der Waals surface area contributed by atoms with Crippen LogP contribution in [0.3, 0.4) is 0 Å². The molecule has 0 spiro atoms. The summed E-state index contributed by atoms with van der Waals surface area (Å²) in [5.74, 6) is 2.21. The van der Waals surface area contributed by atoms with E-state index in [1.54, 1.807) is 0 Å². The Hall–Kier alpha value is -1.81. The zero-order chi connectivity index (χ0) is 17.8. The van der Waals surface area contributed by atoms with E-state index in [9.17, 15) is 4.79 Å². The summed E-state index contributed by atoms with van der Waals surface area (Å²) in [5, 5.41) is 0.738. The first-order valence-corrected chi connectivity index (χ1v) is 9.41. The van der Waals surface area contributed by atoms with E-state index >= 15 is 0 Å². The van der Waals surface area contributed by atoms with Gasteiger partial charge in [-0.15, -0.1) is 0 Å². The van der Waals surface area contributed by atoms with Gasteiger partial charge in [0.15, 0.2) is 0 Å². The smallest absolute Gasteiger partial charge is 0.223 e. The van der Waals surface area contributed by atoms with E-state index in [0.717, 1.165) is 23.0 Å². The Bertz CT molecular complexity index is 721. The number of rotatable bonds is 8. The Morgan fingerprint density at radius 3 is 2.88 bits per heavy atom. The monoisotopic (exact) mass is 359 g/mol. The number of nitrogens with zero attached hydrogens (tertiary/aromatic N) is 3. The summed E-state index contributed by atoms with van der Waals surface area (Å²) in [6.45, 7) is 6.33. The third-order valence-corrected chi connectivity index (χ3v) is 4.72. The van der Waals surface area contributed by atoms with Gasteiger partial charge in [0, 0.05) is 36.9 Å². The molecule has 1 fully saturated rings. The second-order valence-electron chi connectivity index (χ2n) is 7.42. The Morgan fingerprint density at radius 1 is 1.40 bits per heavy atom. The summed E-state index contributed by atoms with van der Waals surface area (Å²) < 4.78 is 2.11. The third-order valence-electron chi connectivity index (χ3n) is 4.49. The normalized spacial score (nSPS) is 14.1. The standard InChI is InChI=1S/C20H26ClN3O/c1-15(2)10-20(25)24(12-16-6-7-16)14-19-22-8-9-23(19)13-17-4-3-5-18(21)11-17/h3-5,8-9,11,15-16H,6-7,10,12-14H2,1-2H3. The lowest BCUT2D eigenvalue weighted by Crippen LogP contribution is -2.34. The van der Waals surface area contributed by atoms with Crippen LogP contribution in [0.25, 0.3) is 0 Å². The van der Waals surface area contributed by atoms with Gasteiger partial charge in [0.05, 0.1) is 6.54 Å². The molecule has 134 valence electrons. The highest BCUT2D eigenvalue weighted by Gasteiger charge is 2.27. The topological polar surface area (TPSA) is 38.1 Å². The number of carbonyl (C=O) groups excluding carboxylic acids is 1. The SMILES string of the molecule is CC(C)CC(=O)N(Cc1nccn1Cc1cccc(Cl)c1)CC1CC1. The van der Waals surface area contributed by atoms with Crippen LogP contribution in [0.15, 0.2) is 36.7 Å². The van der Waals surface area contributed by atoms with Crippen LogP contribution in [-0.2, 0) is 17.9 Å². The van der Waals surface area contributed by atoms with E-state index in [2.05, 4.69) is 29.5 Å². The largest absolute Gasteiger partial charge is 0.335 e. The van der Waals surface area contributed by atoms with Crippen LogP contribution in [0.1, 0.15) is 44.5 Å². The van der Waals surface area contributed by atoms with Crippen LogP contribution in [-0.4, -0.2) is 26.9 Å². The first kappa shape index (κ1) is 18.0. The molecule has 25 heavy (non-hydrogen) atoms. The fourth-order valence-corrected chi connectivity index (χ4v) is 3.20. The summed E-state index contributed by atoms with van der Waals surface area (Å²) in [4.78, 5) is 19.1. The van der Waals surface area contributed by atoms with E-state index in [-0.39, 0.29) is 5.91 Å². The van der Waals surface area contributed by atoms with Gasteiger partial charge in [0.25, 0.3) is 0 Å². The quantitative estimate of drug-likeness (QED) is 0.702. The Kier molecular flexibility index (Phi) is 5.79. The van der Waals surface area contributed by atoms with Crippen LogP contribution < -0.4 is 0 Å². The molecule has 3 rings (SSSR count). The first-order chi connectivity index (χ1) is 12.0. The van der Waals surface area contributed by atoms with E-state index in [4.69, 9.17) is 11.6 Å². The molecule has 0 bridgehead atoms. The lowest BCUT2D eigenvalue weighted by atomic mass is 10.1. The molecule has 1 amide bonds. The van der Waals surface area contributed by atoms with Crippen molar-refractivity contribution < 1.29 is 4.79 Å². The summed E-state index contributed by atoms with van der Waals surface area (Å²) in [5.41, 5.74) is 1.13. The van der Waals surface area contributed by atoms with Gasteiger partial charge >= 0.3 is 0 Å². The highest BCUT2D eigenvalue weighted by Crippen LogP contribution is 2.30. The van der Waals surface area contributed by atoms with Gasteiger partial charge in [-0.05, 0) is 42.4 Å². The predicted molar refractivity (Wildman–Crippen MR) is 100 cm³/mol. The van der Waals surface area contributed by atoms with Crippen molar-refractivity contribution in [3.05, 3.63) is 53.1 Å². The molecule has 1 aliphatic rings. The van der Waals surface area contributed by atoms with Gasteiger partial charge in [-0.25, -0.2) is 4.98 Å². The Labute approximate surface area is 154 Å². The number of benzene rings is 1. The zero-order valence-electron chi connectivity index (χ0n) is 15.0. The molecule has 0 radical (unpaired) electrons. The molecule has 0 unspecified atom stereocenters. The van der Waals surface area contributed by atoms with Crippen molar-refractivity contribution in [3.8, 4) is 0 Å². The van der Waals surface area contributed by atoms with Crippen molar-refractivity contribution in [3.63, 3.8) is 0 Å². The van der Waals surface area contributed by atoms with Crippen LogP contribution in [0.5, 0.6) is 0 Å². The zero-order valence-corrected chi connectivity index (χ0v) is 15.7. The maximum atomic E-state index is 12.6. The van der Waals surface area contributed by atoms with Gasteiger partial charge < -0.3 is 9.47 Å². The number of carbonyl (C=O) groups is 1. The van der Waals surface area contributed by atoms with E-state index in [1.807, 2.05) is 35.5 Å². The number of hydrogen-bond donors (Lipinski definition) is 0. The van der Waals surface area contributed by atoms with Crippen LogP contribution in [0.2, 0.25) is 5.02 Å². The molecular weight excluding hydrogens is 334 g/mol. The predicted octanol–water partition coefficient (Wildman–Crippen LogP) is 4.37. The molecular formula is C20H26ClN3O. The number of hydrogen-bond acceptors (Lipinski definition) is 2. The molecule has 4 nitrogen and oxygen atoms in total. The third kappa shape index (κ3) is 5.33. The van der Waals surface area contributed by atoms with Crippen molar-refractivity contribution in [2.45, 2.75) is 46.2 Å². The molecule has 1 aliphatic carbocycles. The second-order valence-corrected chi connectivity index (χ2v) is 7.85. The number of aromatic nitrogens is 2. The average Bonchev–Trinajstić information content (AvgIpc) is 3.26. The summed E-state index contributed by atoms with van der Waals surface area (Å²) in [6, 6.07) is 7.86. The maximum Gasteiger partial charge on any atom is 0.223 e. The summed E-state index contributed by atoms with van der Waals surface area (Å²) in [6.07, 6.45) is 6.85. The maximum absolute atomic E-state index is 12.6. The number of halogens is 1. The second kappa shape index (κ2) is 8.05. The fourth-order valence-electron chi connectivity index (χ4n) is 2.98. The highest BCUT2D eigenvalue weighted by molar-refractivity contribution is 6.30. The van der Waals surface area contributed by atoms with Gasteiger partial charge in [-0.1, -0.05) is 37.6 Å². The summed E-state index contributed by atoms with van der Waals surface area (Å²) >= 11 is 6.09. The lowest BCUT2D eigenvalue weighted by Gasteiger charge is -2.24. The van der Waals surface area contributed by atoms with Gasteiger partial charge in [0.2, 0.25) is 5.91 Å². The van der Waals surface area contributed by atoms with Crippen LogP contribution in [0.4, 0.5) is 0 Å². The lowest BCUT2D eigenvalue weighted by molar-refractivity contribution is -0.133. The summed E-state index contributed by atoms with van der Waals surface area (Å²) in [7, 11) is 0.